The first-order valence-electron chi connectivity index (χ1n) is 18.8. The number of morpholine rings is 1. The lowest BCUT2D eigenvalue weighted by molar-refractivity contribution is -0.211. The van der Waals surface area contributed by atoms with Crippen LogP contribution in [0.15, 0.2) is 36.9 Å². The molecular weight excluding hydrogens is 587 g/mol. The maximum Gasteiger partial charge on any atom is 0.338 e. The van der Waals surface area contributed by atoms with Gasteiger partial charge in [0.2, 0.25) is 0 Å². The molecule has 1 aromatic rings. The molecule has 6 heteroatoms. The van der Waals surface area contributed by atoms with Crippen molar-refractivity contribution >= 4 is 11.5 Å². The van der Waals surface area contributed by atoms with E-state index in [0.717, 1.165) is 63.2 Å². The molecule has 0 amide bonds. The van der Waals surface area contributed by atoms with Gasteiger partial charge in [-0.1, -0.05) is 52.3 Å². The van der Waals surface area contributed by atoms with Gasteiger partial charge in [0, 0.05) is 31.7 Å². The molecule has 1 saturated heterocycles. The fourth-order valence-corrected chi connectivity index (χ4v) is 12.7. The number of carbonyl (C=O) groups is 1. The zero-order valence-corrected chi connectivity index (χ0v) is 29.9. The molecule has 8 unspecified atom stereocenters. The number of carboxylic acids is 1. The summed E-state index contributed by atoms with van der Waals surface area (Å²) in [4.78, 5) is 14.0. The van der Waals surface area contributed by atoms with Crippen LogP contribution in [0.2, 0.25) is 0 Å². The molecule has 47 heavy (non-hydrogen) atoms. The zero-order valence-electron chi connectivity index (χ0n) is 29.9. The molecule has 5 nitrogen and oxygen atoms in total. The van der Waals surface area contributed by atoms with Gasteiger partial charge in [-0.05, 0) is 134 Å². The number of carboxylic acid groups (broad SMARTS) is 1. The van der Waals surface area contributed by atoms with Gasteiger partial charge in [-0.2, -0.15) is 0 Å². The van der Waals surface area contributed by atoms with Gasteiger partial charge < -0.3 is 15.2 Å². The van der Waals surface area contributed by atoms with E-state index in [4.69, 9.17) is 4.74 Å². The number of halogens is 1. The Morgan fingerprint density at radius 1 is 1.04 bits per heavy atom. The van der Waals surface area contributed by atoms with E-state index < -0.39 is 11.8 Å². The smallest absolute Gasteiger partial charge is 0.338 e. The number of nitrogens with zero attached hydrogens (tertiary/aromatic N) is 1. The molecule has 1 aliphatic heterocycles. The molecule has 260 valence electrons. The van der Waals surface area contributed by atoms with Crippen molar-refractivity contribution in [3.8, 4) is 0 Å². The maximum atomic E-state index is 14.7. The van der Waals surface area contributed by atoms with E-state index in [1.807, 2.05) is 13.0 Å². The van der Waals surface area contributed by atoms with Crippen molar-refractivity contribution in [3.05, 3.63) is 53.9 Å². The number of nitrogens with one attached hydrogen (secondary N) is 1. The van der Waals surface area contributed by atoms with E-state index in [0.29, 0.717) is 34.1 Å². The summed E-state index contributed by atoms with van der Waals surface area (Å²) in [5.41, 5.74) is 3.11. The Kier molecular flexibility index (Phi) is 9.90. The number of benzene rings is 1. The molecule has 4 saturated carbocycles. The topological polar surface area (TPSA) is 61.8 Å². The Hall–Kier alpha value is -2.02. The molecule has 2 N–H and O–H groups in total. The highest BCUT2D eigenvalue weighted by Crippen LogP contribution is 2.75. The van der Waals surface area contributed by atoms with Crippen LogP contribution in [-0.2, 0) is 4.74 Å². The van der Waals surface area contributed by atoms with E-state index >= 15 is 0 Å². The molecule has 0 radical (unpaired) electrons. The van der Waals surface area contributed by atoms with Crippen LogP contribution < -0.4 is 5.32 Å². The maximum absolute atomic E-state index is 14.7. The van der Waals surface area contributed by atoms with Crippen LogP contribution in [0.4, 0.5) is 4.39 Å². The molecule has 9 atom stereocenters. The predicted molar refractivity (Wildman–Crippen MR) is 189 cm³/mol. The summed E-state index contributed by atoms with van der Waals surface area (Å²) < 4.78 is 20.3. The number of ether oxygens (including phenoxy) is 1. The highest BCUT2D eigenvalue weighted by atomic mass is 19.1. The van der Waals surface area contributed by atoms with Gasteiger partial charge in [0.15, 0.2) is 0 Å². The third kappa shape index (κ3) is 5.76. The Balaban J connectivity index is 0.00000124. The standard InChI is InChI=1S/C38H55FN2O3.C3H6/c1-25-27(26-7-8-28(34(42)43)32(39)24-26)11-14-35(2)29(25)12-15-37(4)33(35)10-9-30-31-6-5-13-38(31,17-16-36(30,37)3)40-18-19-41-20-22-44-23-21-41;1-3-2/h7-8,11,24-25,29-31,33,40H,5-6,9-10,12-23H2,1-4H3,(H,42,43);3H,1H2,2H3/t25?,29?,30?,31?,33?,35?,36-,37?,38?;/m1./s1. The minimum absolute atomic E-state index is 0.240. The van der Waals surface area contributed by atoms with Gasteiger partial charge in [-0.3, -0.25) is 4.90 Å². The summed E-state index contributed by atoms with van der Waals surface area (Å²) in [6.07, 6.45) is 17.2. The van der Waals surface area contributed by atoms with Crippen molar-refractivity contribution in [3.63, 3.8) is 0 Å². The lowest BCUT2D eigenvalue weighted by atomic mass is 9.34. The summed E-state index contributed by atoms with van der Waals surface area (Å²) in [5, 5.41) is 13.6. The molecule has 1 heterocycles. The highest BCUT2D eigenvalue weighted by molar-refractivity contribution is 5.88. The molecule has 5 aliphatic carbocycles. The zero-order chi connectivity index (χ0) is 33.6. The van der Waals surface area contributed by atoms with Crippen molar-refractivity contribution in [2.45, 2.75) is 104 Å². The summed E-state index contributed by atoms with van der Waals surface area (Å²) >= 11 is 0. The Morgan fingerprint density at radius 3 is 2.49 bits per heavy atom. The molecule has 1 aromatic carbocycles. The lowest BCUT2D eigenvalue weighted by Gasteiger charge is -2.71. The van der Waals surface area contributed by atoms with E-state index in [1.54, 1.807) is 6.08 Å². The monoisotopic (exact) mass is 648 g/mol. The van der Waals surface area contributed by atoms with Gasteiger partial charge >= 0.3 is 5.97 Å². The second-order valence-corrected chi connectivity index (χ2v) is 16.8. The summed E-state index contributed by atoms with van der Waals surface area (Å²) in [6.45, 7) is 21.7. The Bertz CT molecular complexity index is 1360. The van der Waals surface area contributed by atoms with E-state index in [-0.39, 0.29) is 11.0 Å². The molecule has 0 spiro atoms. The molecule has 5 fully saturated rings. The molecule has 0 aromatic heterocycles. The number of hydrogen-bond donors (Lipinski definition) is 2. The van der Waals surface area contributed by atoms with Crippen LogP contribution in [0, 0.1) is 51.7 Å². The van der Waals surface area contributed by atoms with Gasteiger partial charge in [-0.25, -0.2) is 9.18 Å². The minimum Gasteiger partial charge on any atom is -0.478 e. The number of allylic oxidation sites excluding steroid dienone is 3. The minimum atomic E-state index is -1.20. The second-order valence-electron chi connectivity index (χ2n) is 16.8. The third-order valence-corrected chi connectivity index (χ3v) is 15.1. The number of rotatable bonds is 6. The van der Waals surface area contributed by atoms with Crippen LogP contribution in [0.1, 0.15) is 115 Å². The number of hydrogen-bond acceptors (Lipinski definition) is 4. The van der Waals surface area contributed by atoms with Gasteiger partial charge in [0.1, 0.15) is 5.82 Å². The first kappa shape index (κ1) is 34.8. The quantitative estimate of drug-likeness (QED) is 0.302. The number of aromatic carboxylic acids is 1. The van der Waals surface area contributed by atoms with E-state index in [9.17, 15) is 14.3 Å². The Morgan fingerprint density at radius 2 is 1.79 bits per heavy atom. The van der Waals surface area contributed by atoms with Crippen molar-refractivity contribution in [1.82, 2.24) is 10.2 Å². The SMILES string of the molecule is C=CC.CC1C(c2ccc(C(=O)O)c(F)c2)=CCC2(C)C1CCC1(C)C2CCC2C3CCCC3(NCCN3CCOCC3)CC[C@]21C. The fourth-order valence-electron chi connectivity index (χ4n) is 12.7. The van der Waals surface area contributed by atoms with E-state index in [1.165, 1.54) is 75.5 Å². The van der Waals surface area contributed by atoms with Crippen molar-refractivity contribution in [1.29, 1.82) is 0 Å². The van der Waals surface area contributed by atoms with Crippen LogP contribution in [0.3, 0.4) is 0 Å². The molecular formula is C41H61FN2O3. The number of fused-ring (bicyclic) bond motifs is 7. The molecule has 7 rings (SSSR count). The summed E-state index contributed by atoms with van der Waals surface area (Å²) in [5.74, 6) is 1.37. The second kappa shape index (κ2) is 13.4. The summed E-state index contributed by atoms with van der Waals surface area (Å²) in [7, 11) is 0. The first-order chi connectivity index (χ1) is 22.4. The predicted octanol–water partition coefficient (Wildman–Crippen LogP) is 8.85. The van der Waals surface area contributed by atoms with Crippen molar-refractivity contribution in [2.24, 2.45) is 45.8 Å². The average Bonchev–Trinajstić information content (AvgIpc) is 3.46. The van der Waals surface area contributed by atoms with Crippen LogP contribution in [0.5, 0.6) is 0 Å². The van der Waals surface area contributed by atoms with Crippen LogP contribution >= 0.6 is 0 Å². The largest absolute Gasteiger partial charge is 0.478 e. The fraction of sp³-hybridized carbons (Fsp3) is 0.732. The van der Waals surface area contributed by atoms with Gasteiger partial charge in [0.25, 0.3) is 0 Å². The van der Waals surface area contributed by atoms with E-state index in [2.05, 4.69) is 50.6 Å². The Labute approximate surface area is 283 Å². The average molecular weight is 649 g/mol. The molecule has 0 bridgehead atoms. The lowest BCUT2D eigenvalue weighted by Crippen LogP contribution is -2.67. The van der Waals surface area contributed by atoms with Crippen LogP contribution in [-0.4, -0.2) is 60.9 Å². The van der Waals surface area contributed by atoms with Gasteiger partial charge in [0.05, 0.1) is 18.8 Å². The summed E-state index contributed by atoms with van der Waals surface area (Å²) in [6, 6.07) is 4.72. The third-order valence-electron chi connectivity index (χ3n) is 15.1. The van der Waals surface area contributed by atoms with Crippen molar-refractivity contribution in [2.75, 3.05) is 39.4 Å². The highest BCUT2D eigenvalue weighted by Gasteiger charge is 2.68. The van der Waals surface area contributed by atoms with Crippen LogP contribution in [0.25, 0.3) is 5.57 Å². The van der Waals surface area contributed by atoms with Crippen molar-refractivity contribution < 1.29 is 19.0 Å². The van der Waals surface area contributed by atoms with Gasteiger partial charge in [-0.15, -0.1) is 6.58 Å². The first-order valence-corrected chi connectivity index (χ1v) is 18.8. The normalized spacial score (nSPS) is 41.2. The molecule has 6 aliphatic rings.